The maximum Gasteiger partial charge on any atom is 0.411 e. The van der Waals surface area contributed by atoms with E-state index in [0.717, 1.165) is 19.3 Å². The van der Waals surface area contributed by atoms with Crippen LogP contribution in [-0.4, -0.2) is 52.3 Å². The highest BCUT2D eigenvalue weighted by Gasteiger charge is 2.41. The number of rotatable bonds is 2. The van der Waals surface area contributed by atoms with Crippen molar-refractivity contribution < 1.29 is 19.4 Å². The molecule has 2 N–H and O–H groups in total. The average Bonchev–Trinajstić information content (AvgIpc) is 2.82. The Labute approximate surface area is 138 Å². The molecule has 1 heterocycles. The van der Waals surface area contributed by atoms with Gasteiger partial charge < -0.3 is 15.2 Å². The number of ether oxygens (including phenoxy) is 1. The Morgan fingerprint density at radius 3 is 2.48 bits per heavy atom. The Morgan fingerprint density at radius 1 is 1.22 bits per heavy atom. The van der Waals surface area contributed by atoms with Gasteiger partial charge in [0.2, 0.25) is 5.91 Å². The van der Waals surface area contributed by atoms with Crippen LogP contribution in [0.2, 0.25) is 0 Å². The van der Waals surface area contributed by atoms with Gasteiger partial charge in [0, 0.05) is 12.5 Å². The second-order valence-electron chi connectivity index (χ2n) is 7.91. The molecule has 2 rings (SSSR count). The maximum atomic E-state index is 12.6. The van der Waals surface area contributed by atoms with E-state index in [1.807, 2.05) is 0 Å². The fourth-order valence-corrected chi connectivity index (χ4v) is 3.39. The first-order chi connectivity index (χ1) is 10.7. The number of amides is 2. The van der Waals surface area contributed by atoms with E-state index in [4.69, 9.17) is 4.74 Å². The van der Waals surface area contributed by atoms with Crippen LogP contribution in [0.25, 0.3) is 0 Å². The fourth-order valence-electron chi connectivity index (χ4n) is 3.39. The van der Waals surface area contributed by atoms with Gasteiger partial charge in [-0.3, -0.25) is 9.69 Å². The Morgan fingerprint density at radius 2 is 1.87 bits per heavy atom. The van der Waals surface area contributed by atoms with Crippen LogP contribution in [0.5, 0.6) is 0 Å². The fraction of sp³-hybridized carbons (Fsp3) is 0.882. The van der Waals surface area contributed by atoms with Gasteiger partial charge in [-0.25, -0.2) is 4.79 Å². The van der Waals surface area contributed by atoms with Crippen molar-refractivity contribution in [1.82, 2.24) is 10.2 Å². The van der Waals surface area contributed by atoms with Gasteiger partial charge in [0.25, 0.3) is 0 Å². The van der Waals surface area contributed by atoms with Crippen molar-refractivity contribution in [3.63, 3.8) is 0 Å². The topological polar surface area (TPSA) is 78.9 Å². The SMILES string of the molecule is C[C@@H]1CCCC[C@@H]1NC(=O)[C@@H]1C[C@@H](O)CN1C(=O)OC(C)(C)C. The third-order valence-electron chi connectivity index (χ3n) is 4.65. The molecule has 6 heteroatoms. The molecule has 132 valence electrons. The minimum Gasteiger partial charge on any atom is -0.444 e. The van der Waals surface area contributed by atoms with E-state index in [9.17, 15) is 14.7 Å². The van der Waals surface area contributed by atoms with Crippen molar-refractivity contribution in [3.8, 4) is 0 Å². The molecule has 0 aromatic rings. The maximum absolute atomic E-state index is 12.6. The molecule has 0 aromatic carbocycles. The lowest BCUT2D eigenvalue weighted by atomic mass is 9.86. The van der Waals surface area contributed by atoms with Crippen LogP contribution in [-0.2, 0) is 9.53 Å². The summed E-state index contributed by atoms with van der Waals surface area (Å²) in [5.41, 5.74) is -0.621. The number of aliphatic hydroxyl groups is 1. The first-order valence-electron chi connectivity index (χ1n) is 8.65. The zero-order valence-electron chi connectivity index (χ0n) is 14.7. The van der Waals surface area contributed by atoms with Crippen LogP contribution in [0.4, 0.5) is 4.79 Å². The van der Waals surface area contributed by atoms with E-state index in [-0.39, 0.29) is 24.9 Å². The molecule has 1 saturated heterocycles. The van der Waals surface area contributed by atoms with Gasteiger partial charge in [0.15, 0.2) is 0 Å². The van der Waals surface area contributed by atoms with Gasteiger partial charge in [0.1, 0.15) is 11.6 Å². The van der Waals surface area contributed by atoms with Gasteiger partial charge >= 0.3 is 6.09 Å². The zero-order chi connectivity index (χ0) is 17.2. The van der Waals surface area contributed by atoms with Gasteiger partial charge in [-0.1, -0.05) is 19.8 Å². The Balaban J connectivity index is 2.00. The van der Waals surface area contributed by atoms with E-state index < -0.39 is 23.8 Å². The Kier molecular flexibility index (Phi) is 5.55. The van der Waals surface area contributed by atoms with E-state index >= 15 is 0 Å². The number of hydrogen-bond donors (Lipinski definition) is 2. The summed E-state index contributed by atoms with van der Waals surface area (Å²) in [6.45, 7) is 7.66. The van der Waals surface area contributed by atoms with Gasteiger partial charge in [-0.15, -0.1) is 0 Å². The van der Waals surface area contributed by atoms with Crippen molar-refractivity contribution in [1.29, 1.82) is 0 Å². The quantitative estimate of drug-likeness (QED) is 0.814. The van der Waals surface area contributed by atoms with Crippen LogP contribution in [0.1, 0.15) is 59.8 Å². The molecule has 0 spiro atoms. The second-order valence-corrected chi connectivity index (χ2v) is 7.91. The average molecular weight is 326 g/mol. The van der Waals surface area contributed by atoms with Crippen molar-refractivity contribution in [3.05, 3.63) is 0 Å². The van der Waals surface area contributed by atoms with Crippen molar-refractivity contribution >= 4 is 12.0 Å². The summed E-state index contributed by atoms with van der Waals surface area (Å²) in [5.74, 6) is 0.278. The normalized spacial score (nSPS) is 31.8. The summed E-state index contributed by atoms with van der Waals surface area (Å²) >= 11 is 0. The highest BCUT2D eigenvalue weighted by Crippen LogP contribution is 2.26. The first-order valence-corrected chi connectivity index (χ1v) is 8.65. The molecule has 23 heavy (non-hydrogen) atoms. The number of carbonyl (C=O) groups is 2. The van der Waals surface area contributed by atoms with Gasteiger partial charge in [0.05, 0.1) is 12.6 Å². The van der Waals surface area contributed by atoms with Crippen LogP contribution in [0, 0.1) is 5.92 Å². The molecule has 1 aliphatic carbocycles. The summed E-state index contributed by atoms with van der Waals surface area (Å²) in [6, 6.07) is -0.483. The third-order valence-corrected chi connectivity index (χ3v) is 4.65. The number of aliphatic hydroxyl groups excluding tert-OH is 1. The Bertz CT molecular complexity index is 446. The largest absolute Gasteiger partial charge is 0.444 e. The summed E-state index contributed by atoms with van der Waals surface area (Å²) in [7, 11) is 0. The number of hydrogen-bond acceptors (Lipinski definition) is 4. The van der Waals surface area contributed by atoms with E-state index in [1.165, 1.54) is 11.3 Å². The third kappa shape index (κ3) is 4.83. The van der Waals surface area contributed by atoms with Gasteiger partial charge in [-0.2, -0.15) is 0 Å². The molecule has 0 aromatic heterocycles. The zero-order valence-corrected chi connectivity index (χ0v) is 14.7. The highest BCUT2D eigenvalue weighted by molar-refractivity contribution is 5.86. The molecule has 2 aliphatic rings. The van der Waals surface area contributed by atoms with Crippen molar-refractivity contribution in [2.45, 2.75) is 83.6 Å². The summed E-state index contributed by atoms with van der Waals surface area (Å²) in [6.07, 6.45) is 3.49. The van der Waals surface area contributed by atoms with Gasteiger partial charge in [-0.05, 0) is 39.5 Å². The molecule has 2 fully saturated rings. The van der Waals surface area contributed by atoms with Crippen molar-refractivity contribution in [2.24, 2.45) is 5.92 Å². The molecule has 2 amide bonds. The lowest BCUT2D eigenvalue weighted by molar-refractivity contribution is -0.126. The number of nitrogens with zero attached hydrogens (tertiary/aromatic N) is 1. The molecule has 0 radical (unpaired) electrons. The lowest BCUT2D eigenvalue weighted by Gasteiger charge is -2.32. The van der Waals surface area contributed by atoms with E-state index in [2.05, 4.69) is 12.2 Å². The summed E-state index contributed by atoms with van der Waals surface area (Å²) < 4.78 is 5.36. The molecular formula is C17H30N2O4. The summed E-state index contributed by atoms with van der Waals surface area (Å²) in [4.78, 5) is 26.3. The van der Waals surface area contributed by atoms with E-state index in [1.54, 1.807) is 20.8 Å². The van der Waals surface area contributed by atoms with Crippen LogP contribution in [0.15, 0.2) is 0 Å². The van der Waals surface area contributed by atoms with Crippen LogP contribution in [0.3, 0.4) is 0 Å². The van der Waals surface area contributed by atoms with Crippen LogP contribution < -0.4 is 5.32 Å². The summed E-state index contributed by atoms with van der Waals surface area (Å²) in [5, 5.41) is 13.0. The molecular weight excluding hydrogens is 296 g/mol. The Hall–Kier alpha value is -1.30. The number of likely N-dealkylation sites (tertiary alicyclic amines) is 1. The molecule has 0 bridgehead atoms. The highest BCUT2D eigenvalue weighted by atomic mass is 16.6. The lowest BCUT2D eigenvalue weighted by Crippen LogP contribution is -2.51. The molecule has 1 saturated carbocycles. The smallest absolute Gasteiger partial charge is 0.411 e. The van der Waals surface area contributed by atoms with E-state index in [0.29, 0.717) is 5.92 Å². The molecule has 4 atom stereocenters. The predicted octanol–water partition coefficient (Wildman–Crippen LogP) is 2.05. The monoisotopic (exact) mass is 326 g/mol. The standard InChI is InChI=1S/C17H30N2O4/c1-11-7-5-6-8-13(11)18-15(21)14-9-12(20)10-19(14)16(22)23-17(2,3)4/h11-14,20H,5-10H2,1-4H3,(H,18,21)/t11-,12-,13+,14+/m1/s1. The molecule has 1 aliphatic heterocycles. The number of β-amino-alcohol motifs (C(OH)–C–C–N with tert-alkyl or cyclic N) is 1. The minimum absolute atomic E-state index is 0.146. The minimum atomic E-state index is -0.679. The molecule has 6 nitrogen and oxygen atoms in total. The first kappa shape index (κ1) is 18.0. The molecule has 0 unspecified atom stereocenters. The number of nitrogens with one attached hydrogen (secondary N) is 1. The van der Waals surface area contributed by atoms with Crippen LogP contribution >= 0.6 is 0 Å². The second kappa shape index (κ2) is 7.07. The predicted molar refractivity (Wildman–Crippen MR) is 86.9 cm³/mol. The number of carbonyl (C=O) groups excluding carboxylic acids is 2. The van der Waals surface area contributed by atoms with Crippen molar-refractivity contribution in [2.75, 3.05) is 6.54 Å².